The summed E-state index contributed by atoms with van der Waals surface area (Å²) in [6.07, 6.45) is 0. The van der Waals surface area contributed by atoms with Gasteiger partial charge in [-0.3, -0.25) is 9.59 Å². The van der Waals surface area contributed by atoms with Crippen LogP contribution in [0.1, 0.15) is 17.8 Å². The fourth-order valence-electron chi connectivity index (χ4n) is 2.46. The monoisotopic (exact) mass is 386 g/mol. The molecule has 0 fully saturated rings. The number of ether oxygens (including phenoxy) is 2. The molecule has 1 aliphatic heterocycles. The first kappa shape index (κ1) is 18.7. The van der Waals surface area contributed by atoms with Crippen LogP contribution in [0.5, 0.6) is 0 Å². The van der Waals surface area contributed by atoms with Crippen molar-refractivity contribution < 1.29 is 23.9 Å². The van der Waals surface area contributed by atoms with Gasteiger partial charge in [-0.05, 0) is 30.5 Å². The number of hydrogen-bond acceptors (Lipinski definition) is 7. The van der Waals surface area contributed by atoms with E-state index in [1.807, 2.05) is 30.5 Å². The second kappa shape index (κ2) is 8.50. The number of anilines is 1. The first-order valence-electron chi connectivity index (χ1n) is 8.27. The van der Waals surface area contributed by atoms with Crippen LogP contribution in [-0.2, 0) is 23.9 Å². The van der Waals surface area contributed by atoms with Crippen LogP contribution in [0.25, 0.3) is 0 Å². The molecule has 3 rings (SSSR count). The Labute approximate surface area is 160 Å². The Bertz CT molecular complexity index is 861. The highest BCUT2D eigenvalue weighted by molar-refractivity contribution is 7.10. The minimum Gasteiger partial charge on any atom is -0.470 e. The Morgan fingerprint density at radius 1 is 1.22 bits per heavy atom. The summed E-state index contributed by atoms with van der Waals surface area (Å²) in [5.74, 6) is -1.81. The van der Waals surface area contributed by atoms with Gasteiger partial charge in [0.25, 0.3) is 5.91 Å². The van der Waals surface area contributed by atoms with Crippen molar-refractivity contribution in [3.8, 4) is 0 Å². The Kier molecular flexibility index (Phi) is 5.87. The van der Waals surface area contributed by atoms with E-state index in [9.17, 15) is 14.4 Å². The van der Waals surface area contributed by atoms with Gasteiger partial charge < -0.3 is 20.1 Å². The Balaban J connectivity index is 1.59. The molecule has 0 saturated carbocycles. The average Bonchev–Trinajstić information content (AvgIpc) is 3.31. The molecule has 1 aliphatic rings. The normalized spacial score (nSPS) is 14.5. The van der Waals surface area contributed by atoms with Gasteiger partial charge in [0, 0.05) is 10.6 Å². The second-order valence-electron chi connectivity index (χ2n) is 5.79. The fourth-order valence-corrected chi connectivity index (χ4v) is 3.20. The van der Waals surface area contributed by atoms with Crippen molar-refractivity contribution in [1.29, 1.82) is 0 Å². The molecule has 2 N–H and O–H groups in total. The number of carbonyl (C=O) groups is 3. The lowest BCUT2D eigenvalue weighted by Crippen LogP contribution is -2.31. The van der Waals surface area contributed by atoms with Gasteiger partial charge in [0.2, 0.25) is 11.7 Å². The lowest BCUT2D eigenvalue weighted by molar-refractivity contribution is -0.145. The number of hydrogen-bond donors (Lipinski definition) is 2. The molecule has 0 radical (unpaired) electrons. The van der Waals surface area contributed by atoms with E-state index in [0.29, 0.717) is 5.69 Å². The lowest BCUT2D eigenvalue weighted by Gasteiger charge is -2.12. The number of para-hydroxylation sites is 1. The maximum atomic E-state index is 12.3. The van der Waals surface area contributed by atoms with Crippen molar-refractivity contribution in [1.82, 2.24) is 5.32 Å². The van der Waals surface area contributed by atoms with Crippen molar-refractivity contribution >= 4 is 34.7 Å². The summed E-state index contributed by atoms with van der Waals surface area (Å²) in [5.41, 5.74) is 0.438. The largest absolute Gasteiger partial charge is 0.470 e. The molecule has 1 aromatic carbocycles. The third kappa shape index (κ3) is 4.73. The van der Waals surface area contributed by atoms with Crippen molar-refractivity contribution in [3.63, 3.8) is 0 Å². The van der Waals surface area contributed by atoms with Gasteiger partial charge in [-0.25, -0.2) is 4.79 Å². The summed E-state index contributed by atoms with van der Waals surface area (Å²) >= 11 is 1.52. The maximum Gasteiger partial charge on any atom is 0.347 e. The van der Waals surface area contributed by atoms with Crippen molar-refractivity contribution in [2.45, 2.75) is 13.0 Å². The molecule has 7 nitrogen and oxygen atoms in total. The number of ketones is 1. The van der Waals surface area contributed by atoms with E-state index in [4.69, 9.17) is 9.47 Å². The summed E-state index contributed by atoms with van der Waals surface area (Å²) < 4.78 is 10.2. The first-order valence-corrected chi connectivity index (χ1v) is 9.15. The highest BCUT2D eigenvalue weighted by Crippen LogP contribution is 2.21. The standard InChI is InChI=1S/C19H18N2O5S/c1-12(15-8-5-9-27-15)20-16(23)11-26-19(24)17-14(22)10-25-18(17)21-13-6-3-2-4-7-13/h2-9,12,21H,10-11H2,1H3,(H,20,23)/t12-/m0/s1. The maximum absolute atomic E-state index is 12.3. The SMILES string of the molecule is C[C@H](NC(=O)COC(=O)C1=C(Nc2ccccc2)OCC1=O)c1cccs1. The molecule has 1 aromatic heterocycles. The smallest absolute Gasteiger partial charge is 0.347 e. The van der Waals surface area contributed by atoms with E-state index >= 15 is 0 Å². The van der Waals surface area contributed by atoms with Gasteiger partial charge in [-0.2, -0.15) is 0 Å². The third-order valence-electron chi connectivity index (χ3n) is 3.77. The molecule has 2 heterocycles. The van der Waals surface area contributed by atoms with Crippen LogP contribution in [0, 0.1) is 0 Å². The van der Waals surface area contributed by atoms with Gasteiger partial charge in [-0.15, -0.1) is 11.3 Å². The van der Waals surface area contributed by atoms with E-state index in [2.05, 4.69) is 10.6 Å². The van der Waals surface area contributed by atoms with Crippen LogP contribution in [0.4, 0.5) is 5.69 Å². The van der Waals surface area contributed by atoms with E-state index in [-0.39, 0.29) is 24.1 Å². The van der Waals surface area contributed by atoms with Crippen LogP contribution in [0.2, 0.25) is 0 Å². The highest BCUT2D eigenvalue weighted by atomic mass is 32.1. The minimum absolute atomic E-state index is 0.0311. The molecule has 1 atom stereocenters. The fraction of sp³-hybridized carbons (Fsp3) is 0.211. The first-order chi connectivity index (χ1) is 13.0. The molecular weight excluding hydrogens is 368 g/mol. The third-order valence-corrected chi connectivity index (χ3v) is 4.83. The highest BCUT2D eigenvalue weighted by Gasteiger charge is 2.33. The van der Waals surface area contributed by atoms with Crippen LogP contribution in [0.15, 0.2) is 59.3 Å². The van der Waals surface area contributed by atoms with Gasteiger partial charge in [0.1, 0.15) is 0 Å². The van der Waals surface area contributed by atoms with Gasteiger partial charge >= 0.3 is 5.97 Å². The van der Waals surface area contributed by atoms with E-state index in [1.165, 1.54) is 11.3 Å². The summed E-state index contributed by atoms with van der Waals surface area (Å²) in [6, 6.07) is 12.6. The summed E-state index contributed by atoms with van der Waals surface area (Å²) in [5, 5.41) is 7.53. The minimum atomic E-state index is -0.894. The number of nitrogens with one attached hydrogen (secondary N) is 2. The topological polar surface area (TPSA) is 93.7 Å². The molecular formula is C19H18N2O5S. The van der Waals surface area contributed by atoms with Gasteiger partial charge in [0.05, 0.1) is 6.04 Å². The zero-order valence-electron chi connectivity index (χ0n) is 14.6. The molecule has 1 amide bonds. The molecule has 140 valence electrons. The zero-order valence-corrected chi connectivity index (χ0v) is 15.4. The van der Waals surface area contributed by atoms with Crippen molar-refractivity contribution in [3.05, 3.63) is 64.2 Å². The molecule has 0 unspecified atom stereocenters. The summed E-state index contributed by atoms with van der Waals surface area (Å²) in [7, 11) is 0. The van der Waals surface area contributed by atoms with Crippen LogP contribution < -0.4 is 10.6 Å². The van der Waals surface area contributed by atoms with Crippen LogP contribution in [-0.4, -0.2) is 30.9 Å². The average molecular weight is 386 g/mol. The summed E-state index contributed by atoms with van der Waals surface area (Å²) in [4.78, 5) is 37.2. The molecule has 8 heteroatoms. The molecule has 0 bridgehead atoms. The van der Waals surface area contributed by atoms with Crippen molar-refractivity contribution in [2.24, 2.45) is 0 Å². The van der Waals surface area contributed by atoms with Gasteiger partial charge in [0.15, 0.2) is 18.8 Å². The van der Waals surface area contributed by atoms with Gasteiger partial charge in [-0.1, -0.05) is 24.3 Å². The van der Waals surface area contributed by atoms with Crippen molar-refractivity contribution in [2.75, 3.05) is 18.5 Å². The Morgan fingerprint density at radius 3 is 2.70 bits per heavy atom. The Morgan fingerprint density at radius 2 is 2.00 bits per heavy atom. The summed E-state index contributed by atoms with van der Waals surface area (Å²) in [6.45, 7) is 1.11. The Hall–Kier alpha value is -3.13. The number of amides is 1. The number of thiophene rings is 1. The lowest BCUT2D eigenvalue weighted by atomic mass is 10.2. The number of esters is 1. The molecule has 0 spiro atoms. The number of Topliss-reactive ketones (excluding diaryl/α,β-unsaturated/α-hetero) is 1. The predicted octanol–water partition coefficient (Wildman–Crippen LogP) is 2.39. The predicted molar refractivity (Wildman–Crippen MR) is 99.9 cm³/mol. The molecule has 0 aliphatic carbocycles. The van der Waals surface area contributed by atoms with Crippen LogP contribution >= 0.6 is 11.3 Å². The van der Waals surface area contributed by atoms with E-state index in [1.54, 1.807) is 24.3 Å². The number of benzene rings is 1. The van der Waals surface area contributed by atoms with E-state index in [0.717, 1.165) is 4.88 Å². The molecule has 27 heavy (non-hydrogen) atoms. The molecule has 0 saturated heterocycles. The molecule has 2 aromatic rings. The zero-order chi connectivity index (χ0) is 19.2. The van der Waals surface area contributed by atoms with Crippen LogP contribution in [0.3, 0.4) is 0 Å². The van der Waals surface area contributed by atoms with E-state index < -0.39 is 24.3 Å². The number of carbonyl (C=O) groups excluding carboxylic acids is 3. The quantitative estimate of drug-likeness (QED) is 0.561. The number of rotatable bonds is 7. The second-order valence-corrected chi connectivity index (χ2v) is 6.77.